The summed E-state index contributed by atoms with van der Waals surface area (Å²) in [5.74, 6) is -0.244. The molecule has 0 fully saturated rings. The maximum Gasteiger partial charge on any atom is 0.319 e. The number of hydrogen-bond acceptors (Lipinski definition) is 4. The number of amides is 2. The fraction of sp³-hybridized carbons (Fsp3) is 0.240. The van der Waals surface area contributed by atoms with Gasteiger partial charge in [0.05, 0.1) is 26.7 Å². The molecule has 0 aromatic heterocycles. The predicted molar refractivity (Wildman–Crippen MR) is 136 cm³/mol. The molecule has 0 radical (unpaired) electrons. The van der Waals surface area contributed by atoms with Crippen LogP contribution in [-0.4, -0.2) is 21.0 Å². The van der Waals surface area contributed by atoms with Crippen LogP contribution in [0.15, 0.2) is 65.6 Å². The summed E-state index contributed by atoms with van der Waals surface area (Å²) < 4.78 is 40.0. The Labute approximate surface area is 213 Å². The molecule has 1 unspecified atom stereocenters. The van der Waals surface area contributed by atoms with Crippen molar-refractivity contribution in [3.8, 4) is 0 Å². The molecular formula is C25H24Cl2FN3O3S. The maximum absolute atomic E-state index is 14.2. The van der Waals surface area contributed by atoms with Gasteiger partial charge in [-0.3, -0.25) is 0 Å². The van der Waals surface area contributed by atoms with Crippen molar-refractivity contribution in [1.82, 2.24) is 10.6 Å². The molecule has 0 aliphatic carbocycles. The molecule has 0 bridgehead atoms. The molecule has 0 saturated carbocycles. The van der Waals surface area contributed by atoms with Gasteiger partial charge in [-0.05, 0) is 59.5 Å². The average molecular weight is 536 g/mol. The molecule has 0 spiro atoms. The Morgan fingerprint density at radius 2 is 1.89 bits per heavy atom. The highest BCUT2D eigenvalue weighted by atomic mass is 35.5. The molecule has 2 amide bonds. The number of carbonyl (C=O) groups excluding carboxylic acids is 1. The summed E-state index contributed by atoms with van der Waals surface area (Å²) in [5.41, 5.74) is 3.00. The average Bonchev–Trinajstić information content (AvgIpc) is 2.81. The molecule has 1 aliphatic heterocycles. The van der Waals surface area contributed by atoms with Crippen LogP contribution in [0.5, 0.6) is 0 Å². The van der Waals surface area contributed by atoms with Crippen LogP contribution in [-0.2, 0) is 22.1 Å². The van der Waals surface area contributed by atoms with Gasteiger partial charge in [0.25, 0.3) is 0 Å². The number of carbonyl (C=O) groups is 1. The van der Waals surface area contributed by atoms with Crippen molar-refractivity contribution >= 4 is 44.8 Å². The van der Waals surface area contributed by atoms with Gasteiger partial charge in [-0.1, -0.05) is 53.5 Å². The smallest absolute Gasteiger partial charge is 0.319 e. The van der Waals surface area contributed by atoms with Gasteiger partial charge < -0.3 is 16.0 Å². The Bertz CT molecular complexity index is 1350. The van der Waals surface area contributed by atoms with Crippen molar-refractivity contribution in [2.75, 3.05) is 11.9 Å². The molecule has 10 heteroatoms. The van der Waals surface area contributed by atoms with E-state index < -0.39 is 28.1 Å². The summed E-state index contributed by atoms with van der Waals surface area (Å²) in [7, 11) is -3.66. The van der Waals surface area contributed by atoms with E-state index in [4.69, 9.17) is 23.2 Å². The van der Waals surface area contributed by atoms with Gasteiger partial charge in [-0.15, -0.1) is 0 Å². The zero-order valence-corrected chi connectivity index (χ0v) is 21.1. The number of rotatable bonds is 6. The number of nitrogens with one attached hydrogen (secondary N) is 3. The Morgan fingerprint density at radius 3 is 2.63 bits per heavy atom. The Balaban J connectivity index is 1.40. The number of anilines is 1. The van der Waals surface area contributed by atoms with Crippen LogP contribution in [0.25, 0.3) is 0 Å². The van der Waals surface area contributed by atoms with Gasteiger partial charge in [0.1, 0.15) is 6.17 Å². The van der Waals surface area contributed by atoms with Crippen molar-refractivity contribution in [2.45, 2.75) is 36.3 Å². The molecule has 0 saturated heterocycles. The minimum absolute atomic E-state index is 0.110. The number of benzene rings is 3. The van der Waals surface area contributed by atoms with Gasteiger partial charge in [0.15, 0.2) is 9.84 Å². The van der Waals surface area contributed by atoms with Gasteiger partial charge in [-0.25, -0.2) is 17.6 Å². The lowest BCUT2D eigenvalue weighted by molar-refractivity contribution is 0.249. The number of fused-ring (bicyclic) bond motifs is 1. The van der Waals surface area contributed by atoms with Crippen molar-refractivity contribution in [3.63, 3.8) is 0 Å². The summed E-state index contributed by atoms with van der Waals surface area (Å²) in [5, 5.41) is 9.20. The summed E-state index contributed by atoms with van der Waals surface area (Å²) >= 11 is 12.2. The number of alkyl halides is 1. The third kappa shape index (κ3) is 5.95. The first-order chi connectivity index (χ1) is 16.6. The fourth-order valence-corrected chi connectivity index (χ4v) is 5.78. The molecule has 6 nitrogen and oxygen atoms in total. The molecule has 3 aromatic rings. The largest absolute Gasteiger partial charge is 0.331 e. The van der Waals surface area contributed by atoms with Crippen molar-refractivity contribution in [2.24, 2.45) is 0 Å². The number of urea groups is 1. The van der Waals surface area contributed by atoms with E-state index in [0.717, 1.165) is 5.56 Å². The molecular weight excluding hydrogens is 512 g/mol. The number of halogens is 3. The third-order valence-corrected chi connectivity index (χ3v) is 8.35. The minimum Gasteiger partial charge on any atom is -0.331 e. The first-order valence-corrected chi connectivity index (χ1v) is 13.4. The van der Waals surface area contributed by atoms with E-state index in [2.05, 4.69) is 16.0 Å². The van der Waals surface area contributed by atoms with E-state index in [1.54, 1.807) is 43.3 Å². The second kappa shape index (κ2) is 10.5. The molecule has 35 heavy (non-hydrogen) atoms. The lowest BCUT2D eigenvalue weighted by atomic mass is 9.98. The maximum atomic E-state index is 14.2. The van der Waals surface area contributed by atoms with E-state index in [-0.39, 0.29) is 17.2 Å². The topological polar surface area (TPSA) is 87.3 Å². The van der Waals surface area contributed by atoms with Gasteiger partial charge in [0.2, 0.25) is 0 Å². The monoisotopic (exact) mass is 535 g/mol. The van der Waals surface area contributed by atoms with E-state index >= 15 is 0 Å². The Hall–Kier alpha value is -2.65. The zero-order chi connectivity index (χ0) is 25.2. The minimum atomic E-state index is -3.66. The fourth-order valence-electron chi connectivity index (χ4n) is 3.98. The van der Waals surface area contributed by atoms with Gasteiger partial charge >= 0.3 is 6.03 Å². The molecule has 1 aliphatic rings. The summed E-state index contributed by atoms with van der Waals surface area (Å²) in [6, 6.07) is 15.3. The molecule has 3 N–H and O–H groups in total. The van der Waals surface area contributed by atoms with E-state index in [1.165, 1.54) is 24.3 Å². The summed E-state index contributed by atoms with van der Waals surface area (Å²) in [4.78, 5) is 12.5. The number of sulfone groups is 1. The van der Waals surface area contributed by atoms with Crippen molar-refractivity contribution < 1.29 is 17.6 Å². The molecule has 3 aromatic carbocycles. The quantitative estimate of drug-likeness (QED) is 0.363. The van der Waals surface area contributed by atoms with Crippen LogP contribution in [0.4, 0.5) is 14.9 Å². The highest BCUT2D eigenvalue weighted by molar-refractivity contribution is 7.90. The van der Waals surface area contributed by atoms with Crippen LogP contribution in [0, 0.1) is 0 Å². The highest BCUT2D eigenvalue weighted by Crippen LogP contribution is 2.30. The normalized spacial score (nSPS) is 16.3. The first kappa shape index (κ1) is 25.4. The zero-order valence-electron chi connectivity index (χ0n) is 18.8. The predicted octanol–water partition coefficient (Wildman–Crippen LogP) is 5.96. The summed E-state index contributed by atoms with van der Waals surface area (Å²) in [6.45, 7) is 2.56. The second-order valence-corrected chi connectivity index (χ2v) is 11.2. The standard InChI is InChI=1S/C25H24Cl2FN3O3S/c1-15(20-3-2-4-22(26)24(20)27)30-25(32)31-18-7-9-19(10-8-18)35(33,34)14-16-5-6-17-12-29-13-23(28)21(17)11-16/h2-11,15,23,29H,12-14H2,1H3,(H2,30,31,32)/t15-,23?/m1/s1. The van der Waals surface area contributed by atoms with Gasteiger partial charge in [-0.2, -0.15) is 0 Å². The molecule has 4 rings (SSSR count). The lowest BCUT2D eigenvalue weighted by Gasteiger charge is -2.21. The second-order valence-electron chi connectivity index (χ2n) is 8.38. The van der Waals surface area contributed by atoms with Gasteiger partial charge in [0, 0.05) is 18.8 Å². The van der Waals surface area contributed by atoms with E-state index in [9.17, 15) is 17.6 Å². The Kier molecular flexibility index (Phi) is 7.66. The van der Waals surface area contributed by atoms with Crippen LogP contribution in [0.3, 0.4) is 0 Å². The first-order valence-electron chi connectivity index (χ1n) is 10.9. The third-order valence-electron chi connectivity index (χ3n) is 5.81. The van der Waals surface area contributed by atoms with Crippen molar-refractivity contribution in [3.05, 3.63) is 93.0 Å². The highest BCUT2D eigenvalue weighted by Gasteiger charge is 2.22. The lowest BCUT2D eigenvalue weighted by Crippen LogP contribution is -2.31. The van der Waals surface area contributed by atoms with Crippen LogP contribution in [0.1, 0.15) is 41.4 Å². The Morgan fingerprint density at radius 1 is 1.14 bits per heavy atom. The SMILES string of the molecule is C[C@@H](NC(=O)Nc1ccc(S(=O)(=O)Cc2ccc3c(c2)C(F)CNC3)cc1)c1cccc(Cl)c1Cl. The van der Waals surface area contributed by atoms with E-state index in [1.807, 2.05) is 0 Å². The van der Waals surface area contributed by atoms with Crippen LogP contribution in [0.2, 0.25) is 10.0 Å². The van der Waals surface area contributed by atoms with Crippen LogP contribution < -0.4 is 16.0 Å². The van der Waals surface area contributed by atoms with E-state index in [0.29, 0.717) is 39.0 Å². The van der Waals surface area contributed by atoms with Crippen molar-refractivity contribution in [1.29, 1.82) is 0 Å². The summed E-state index contributed by atoms with van der Waals surface area (Å²) in [6.07, 6.45) is -1.16. The molecule has 2 atom stereocenters. The molecule has 184 valence electrons. The number of hydrogen-bond donors (Lipinski definition) is 3. The van der Waals surface area contributed by atoms with Crippen LogP contribution >= 0.6 is 23.2 Å². The molecule has 1 heterocycles.